The second-order valence-corrected chi connectivity index (χ2v) is 12.2. The topological polar surface area (TPSA) is 78.0 Å². The number of sulfonamides is 2. The first-order valence-electron chi connectivity index (χ1n) is 10.4. The zero-order valence-electron chi connectivity index (χ0n) is 17.5. The molecule has 2 aliphatic heterocycles. The van der Waals surface area contributed by atoms with Crippen LogP contribution >= 0.6 is 0 Å². The van der Waals surface area contributed by atoms with Gasteiger partial charge < -0.3 is 4.90 Å². The van der Waals surface area contributed by atoms with E-state index < -0.39 is 20.0 Å². The van der Waals surface area contributed by atoms with Crippen LogP contribution in [0, 0.1) is 6.92 Å². The van der Waals surface area contributed by atoms with E-state index in [2.05, 4.69) is 4.90 Å². The summed E-state index contributed by atoms with van der Waals surface area (Å²) in [6, 6.07) is 7.20. The van der Waals surface area contributed by atoms with E-state index in [0.29, 0.717) is 19.5 Å². The van der Waals surface area contributed by atoms with Crippen LogP contribution in [0.25, 0.3) is 0 Å². The van der Waals surface area contributed by atoms with Gasteiger partial charge in [0.1, 0.15) is 0 Å². The Labute approximate surface area is 175 Å². The summed E-state index contributed by atoms with van der Waals surface area (Å²) < 4.78 is 53.4. The summed E-state index contributed by atoms with van der Waals surface area (Å²) in [4.78, 5) is 2.37. The number of benzene rings is 1. The summed E-state index contributed by atoms with van der Waals surface area (Å²) in [5, 5.41) is 0. The summed E-state index contributed by atoms with van der Waals surface area (Å²) in [7, 11) is -6.85. The predicted molar refractivity (Wildman–Crippen MR) is 116 cm³/mol. The summed E-state index contributed by atoms with van der Waals surface area (Å²) in [5.41, 5.74) is 1.84. The molecule has 2 aliphatic rings. The molecular weight excluding hydrogens is 410 g/mol. The minimum absolute atomic E-state index is 0.0478. The average Bonchev–Trinajstić information content (AvgIpc) is 3.31. The van der Waals surface area contributed by atoms with Gasteiger partial charge in [-0.15, -0.1) is 0 Å². The van der Waals surface area contributed by atoms with E-state index in [0.717, 1.165) is 37.2 Å². The van der Waals surface area contributed by atoms with Crippen molar-refractivity contribution in [2.75, 3.05) is 45.5 Å². The van der Waals surface area contributed by atoms with Gasteiger partial charge in [-0.1, -0.05) is 29.8 Å². The lowest BCUT2D eigenvalue weighted by atomic mass is 10.2. The van der Waals surface area contributed by atoms with Gasteiger partial charge in [-0.05, 0) is 57.8 Å². The first kappa shape index (κ1) is 22.7. The Hall–Kier alpha value is -1.00. The molecule has 0 saturated carbocycles. The first-order chi connectivity index (χ1) is 13.6. The molecule has 0 bridgehead atoms. The summed E-state index contributed by atoms with van der Waals surface area (Å²) in [6.45, 7) is 6.11. The Morgan fingerprint density at radius 2 is 1.69 bits per heavy atom. The van der Waals surface area contributed by atoms with E-state index in [-0.39, 0.29) is 18.3 Å². The van der Waals surface area contributed by atoms with Crippen LogP contribution in [0.2, 0.25) is 0 Å². The molecule has 1 atom stereocenters. The fraction of sp³-hybridized carbons (Fsp3) is 0.700. The number of likely N-dealkylation sites (tertiary alicyclic amines) is 1. The van der Waals surface area contributed by atoms with Crippen molar-refractivity contribution in [3.05, 3.63) is 35.4 Å². The molecule has 29 heavy (non-hydrogen) atoms. The Morgan fingerprint density at radius 3 is 2.31 bits per heavy atom. The minimum Gasteiger partial charge on any atom is -0.303 e. The van der Waals surface area contributed by atoms with Gasteiger partial charge in [-0.2, -0.15) is 8.61 Å². The highest BCUT2D eigenvalue weighted by Gasteiger charge is 2.37. The molecule has 0 N–H and O–H groups in total. The molecule has 0 aliphatic carbocycles. The number of rotatable bonds is 9. The molecule has 164 valence electrons. The first-order valence-corrected chi connectivity index (χ1v) is 13.8. The predicted octanol–water partition coefficient (Wildman–Crippen LogP) is 1.65. The molecule has 9 heteroatoms. The fourth-order valence-electron chi connectivity index (χ4n) is 4.26. The third kappa shape index (κ3) is 6.24. The van der Waals surface area contributed by atoms with E-state index in [9.17, 15) is 16.8 Å². The SMILES string of the molecule is Cc1ccc(CS(=O)(=O)N2CCC(N(CCCN3CCCC3)S(C)(=O)=O)C2)cc1. The molecule has 7 nitrogen and oxygen atoms in total. The zero-order valence-corrected chi connectivity index (χ0v) is 19.1. The van der Waals surface area contributed by atoms with Gasteiger partial charge in [-0.25, -0.2) is 16.8 Å². The van der Waals surface area contributed by atoms with E-state index in [4.69, 9.17) is 0 Å². The van der Waals surface area contributed by atoms with Crippen LogP contribution < -0.4 is 0 Å². The molecule has 0 aromatic heterocycles. The van der Waals surface area contributed by atoms with Crippen LogP contribution in [0.4, 0.5) is 0 Å². The standard InChI is InChI=1S/C20H33N3O4S2/c1-18-6-8-19(9-7-18)17-29(26,27)22-15-10-20(16-22)23(28(2,24)25)14-5-13-21-11-3-4-12-21/h6-9,20H,3-5,10-17H2,1-2H3. The molecule has 2 fully saturated rings. The minimum atomic E-state index is -3.47. The maximum absolute atomic E-state index is 12.8. The lowest BCUT2D eigenvalue weighted by Crippen LogP contribution is -2.43. The lowest BCUT2D eigenvalue weighted by molar-refractivity contribution is 0.282. The smallest absolute Gasteiger partial charge is 0.218 e. The molecule has 0 amide bonds. The van der Waals surface area contributed by atoms with E-state index in [1.165, 1.54) is 27.7 Å². The second kappa shape index (κ2) is 9.43. The maximum Gasteiger partial charge on any atom is 0.218 e. The maximum atomic E-state index is 12.8. The molecule has 3 rings (SSSR count). The third-order valence-electron chi connectivity index (χ3n) is 5.87. The normalized spacial score (nSPS) is 22.0. The van der Waals surface area contributed by atoms with Crippen LogP contribution in [0.1, 0.15) is 36.8 Å². The van der Waals surface area contributed by atoms with Crippen molar-refractivity contribution < 1.29 is 16.8 Å². The number of hydrogen-bond acceptors (Lipinski definition) is 5. The fourth-order valence-corrected chi connectivity index (χ4v) is 7.01. The molecule has 1 unspecified atom stereocenters. The third-order valence-corrected chi connectivity index (χ3v) is 9.02. The van der Waals surface area contributed by atoms with Gasteiger partial charge in [-0.3, -0.25) is 0 Å². The van der Waals surface area contributed by atoms with Gasteiger partial charge in [0, 0.05) is 25.7 Å². The monoisotopic (exact) mass is 443 g/mol. The van der Waals surface area contributed by atoms with Gasteiger partial charge >= 0.3 is 0 Å². The molecule has 2 heterocycles. The summed E-state index contributed by atoms with van der Waals surface area (Å²) >= 11 is 0. The summed E-state index contributed by atoms with van der Waals surface area (Å²) in [5.74, 6) is -0.0478. The highest BCUT2D eigenvalue weighted by atomic mass is 32.2. The van der Waals surface area contributed by atoms with Crippen LogP contribution in [0.5, 0.6) is 0 Å². The lowest BCUT2D eigenvalue weighted by Gasteiger charge is -2.27. The van der Waals surface area contributed by atoms with E-state index in [1.54, 1.807) is 0 Å². The van der Waals surface area contributed by atoms with E-state index >= 15 is 0 Å². The van der Waals surface area contributed by atoms with Crippen LogP contribution in [-0.4, -0.2) is 81.9 Å². The number of aryl methyl sites for hydroxylation is 1. The van der Waals surface area contributed by atoms with Crippen molar-refractivity contribution >= 4 is 20.0 Å². The molecule has 2 saturated heterocycles. The quantitative estimate of drug-likeness (QED) is 0.580. The van der Waals surface area contributed by atoms with E-state index in [1.807, 2.05) is 31.2 Å². The number of nitrogens with zero attached hydrogens (tertiary/aromatic N) is 3. The summed E-state index contributed by atoms with van der Waals surface area (Å²) in [6.07, 6.45) is 4.98. The Morgan fingerprint density at radius 1 is 1.03 bits per heavy atom. The van der Waals surface area contributed by atoms with Crippen molar-refractivity contribution in [2.45, 2.75) is 44.4 Å². The van der Waals surface area contributed by atoms with Gasteiger partial charge in [0.15, 0.2) is 0 Å². The van der Waals surface area contributed by atoms with Crippen molar-refractivity contribution in [2.24, 2.45) is 0 Å². The van der Waals surface area contributed by atoms with Crippen molar-refractivity contribution in [3.8, 4) is 0 Å². The van der Waals surface area contributed by atoms with Gasteiger partial charge in [0.25, 0.3) is 0 Å². The Bertz CT molecular complexity index is 879. The molecule has 0 spiro atoms. The molecule has 1 aromatic carbocycles. The molecule has 0 radical (unpaired) electrons. The van der Waals surface area contributed by atoms with Crippen molar-refractivity contribution in [1.29, 1.82) is 0 Å². The molecule has 1 aromatic rings. The van der Waals surface area contributed by atoms with Crippen LogP contribution in [-0.2, 0) is 25.8 Å². The van der Waals surface area contributed by atoms with Gasteiger partial charge in [0.2, 0.25) is 20.0 Å². The van der Waals surface area contributed by atoms with Crippen molar-refractivity contribution in [3.63, 3.8) is 0 Å². The Kier molecular flexibility index (Phi) is 7.37. The van der Waals surface area contributed by atoms with Crippen LogP contribution in [0.3, 0.4) is 0 Å². The average molecular weight is 444 g/mol. The Balaban J connectivity index is 1.60. The highest BCUT2D eigenvalue weighted by Crippen LogP contribution is 2.23. The van der Waals surface area contributed by atoms with Crippen molar-refractivity contribution in [1.82, 2.24) is 13.5 Å². The molecular formula is C20H33N3O4S2. The number of hydrogen-bond donors (Lipinski definition) is 0. The highest BCUT2D eigenvalue weighted by molar-refractivity contribution is 7.88. The second-order valence-electron chi connectivity index (χ2n) is 8.32. The van der Waals surface area contributed by atoms with Gasteiger partial charge in [0.05, 0.1) is 12.0 Å². The van der Waals surface area contributed by atoms with Crippen LogP contribution in [0.15, 0.2) is 24.3 Å². The largest absolute Gasteiger partial charge is 0.303 e. The zero-order chi connectivity index (χ0) is 21.1.